The Hall–Kier alpha value is -3.06. The number of anilines is 1. The number of nitrogens with zero attached hydrogens (tertiary/aromatic N) is 1. The van der Waals surface area contributed by atoms with E-state index in [2.05, 4.69) is 15.6 Å². The first-order valence-electron chi connectivity index (χ1n) is 9.92. The molecule has 7 nitrogen and oxygen atoms in total. The number of aromatic nitrogens is 1. The van der Waals surface area contributed by atoms with E-state index in [1.54, 1.807) is 37.3 Å². The van der Waals surface area contributed by atoms with Crippen molar-refractivity contribution in [1.82, 2.24) is 10.3 Å². The van der Waals surface area contributed by atoms with Crippen molar-refractivity contribution in [2.45, 2.75) is 32.6 Å². The van der Waals surface area contributed by atoms with Crippen molar-refractivity contribution in [1.29, 1.82) is 0 Å². The third kappa shape index (κ3) is 6.22. The summed E-state index contributed by atoms with van der Waals surface area (Å²) in [5, 5.41) is 6.21. The van der Waals surface area contributed by atoms with Crippen molar-refractivity contribution in [2.75, 3.05) is 18.5 Å². The molecule has 1 heterocycles. The number of oxazole rings is 1. The lowest BCUT2D eigenvalue weighted by Crippen LogP contribution is -2.29. The van der Waals surface area contributed by atoms with Gasteiger partial charge in [-0.2, -0.15) is 0 Å². The number of ether oxygens (including phenoxy) is 1. The molecule has 0 aliphatic heterocycles. The second-order valence-corrected chi connectivity index (χ2v) is 7.14. The van der Waals surface area contributed by atoms with Gasteiger partial charge in [0, 0.05) is 29.2 Å². The van der Waals surface area contributed by atoms with E-state index in [-0.39, 0.29) is 12.0 Å². The number of nitrogens with one attached hydrogen (secondary N) is 2. The standard InChI is InChI=1S/C22H24ClN3O4/c1-2-29-20(27)9-4-3-5-12-24-22(28)25-17-8-6-7-15(13-17)21-26-18-14-16(23)10-11-19(18)30-21/h6-8,10-11,13-14H,2-5,9,12H2,1H3,(H2,24,25,28). The first-order chi connectivity index (χ1) is 14.5. The maximum absolute atomic E-state index is 12.1. The van der Waals surface area contributed by atoms with Crippen molar-refractivity contribution in [3.8, 4) is 11.5 Å². The van der Waals surface area contributed by atoms with E-state index >= 15 is 0 Å². The van der Waals surface area contributed by atoms with Crippen LogP contribution in [0.15, 0.2) is 46.9 Å². The molecule has 8 heteroatoms. The third-order valence-electron chi connectivity index (χ3n) is 4.37. The van der Waals surface area contributed by atoms with Crippen molar-refractivity contribution in [2.24, 2.45) is 0 Å². The van der Waals surface area contributed by atoms with Crippen molar-refractivity contribution < 1.29 is 18.7 Å². The Morgan fingerprint density at radius 2 is 2.00 bits per heavy atom. The lowest BCUT2D eigenvalue weighted by molar-refractivity contribution is -0.143. The van der Waals surface area contributed by atoms with E-state index in [0.29, 0.717) is 47.3 Å². The van der Waals surface area contributed by atoms with Crippen LogP contribution in [0.3, 0.4) is 0 Å². The summed E-state index contributed by atoms with van der Waals surface area (Å²) in [6.45, 7) is 2.72. The largest absolute Gasteiger partial charge is 0.466 e. The van der Waals surface area contributed by atoms with Gasteiger partial charge in [0.05, 0.1) is 6.61 Å². The van der Waals surface area contributed by atoms with Gasteiger partial charge in [-0.1, -0.05) is 24.1 Å². The Balaban J connectivity index is 1.47. The normalized spacial score (nSPS) is 10.7. The van der Waals surface area contributed by atoms with Crippen molar-refractivity contribution >= 4 is 40.4 Å². The fourth-order valence-corrected chi connectivity index (χ4v) is 3.10. The van der Waals surface area contributed by atoms with Crippen LogP contribution in [0.2, 0.25) is 5.02 Å². The summed E-state index contributed by atoms with van der Waals surface area (Å²) in [6.07, 6.45) is 2.80. The van der Waals surface area contributed by atoms with Crippen LogP contribution in [0.5, 0.6) is 0 Å². The van der Waals surface area contributed by atoms with Gasteiger partial charge in [0.25, 0.3) is 0 Å². The zero-order valence-corrected chi connectivity index (χ0v) is 17.5. The molecule has 2 N–H and O–H groups in total. The Morgan fingerprint density at radius 3 is 2.83 bits per heavy atom. The number of amides is 2. The molecule has 0 saturated carbocycles. The van der Waals surface area contributed by atoms with Gasteiger partial charge in [0.15, 0.2) is 5.58 Å². The average molecular weight is 430 g/mol. The molecule has 0 spiro atoms. The zero-order chi connectivity index (χ0) is 21.3. The number of hydrogen-bond acceptors (Lipinski definition) is 5. The molecule has 158 valence electrons. The fourth-order valence-electron chi connectivity index (χ4n) is 2.94. The van der Waals surface area contributed by atoms with Crippen LogP contribution < -0.4 is 10.6 Å². The summed E-state index contributed by atoms with van der Waals surface area (Å²) in [7, 11) is 0. The monoisotopic (exact) mass is 429 g/mol. The van der Waals surface area contributed by atoms with Gasteiger partial charge >= 0.3 is 12.0 Å². The van der Waals surface area contributed by atoms with Crippen LogP contribution in [0.25, 0.3) is 22.6 Å². The highest BCUT2D eigenvalue weighted by molar-refractivity contribution is 6.31. The Bertz CT molecular complexity index is 1020. The molecule has 0 radical (unpaired) electrons. The smallest absolute Gasteiger partial charge is 0.319 e. The number of carbonyl (C=O) groups excluding carboxylic acids is 2. The minimum Gasteiger partial charge on any atom is -0.466 e. The molecule has 0 fully saturated rings. The number of benzene rings is 2. The van der Waals surface area contributed by atoms with Gasteiger partial charge in [-0.25, -0.2) is 9.78 Å². The summed E-state index contributed by atoms with van der Waals surface area (Å²) in [6, 6.07) is 12.2. The topological polar surface area (TPSA) is 93.5 Å². The molecule has 30 heavy (non-hydrogen) atoms. The number of halogens is 1. The zero-order valence-electron chi connectivity index (χ0n) is 16.7. The van der Waals surface area contributed by atoms with Gasteiger partial charge in [-0.05, 0) is 56.2 Å². The molecular formula is C22H24ClN3O4. The molecule has 0 saturated heterocycles. The number of rotatable bonds is 9. The van der Waals surface area contributed by atoms with Gasteiger partial charge < -0.3 is 19.8 Å². The summed E-state index contributed by atoms with van der Waals surface area (Å²) < 4.78 is 10.7. The number of esters is 1. The maximum Gasteiger partial charge on any atom is 0.319 e. The van der Waals surface area contributed by atoms with Gasteiger partial charge in [-0.3, -0.25) is 4.79 Å². The van der Waals surface area contributed by atoms with Gasteiger partial charge in [0.1, 0.15) is 5.52 Å². The van der Waals surface area contributed by atoms with Crippen LogP contribution in [0.4, 0.5) is 10.5 Å². The molecule has 0 bridgehead atoms. The van der Waals surface area contributed by atoms with E-state index in [9.17, 15) is 9.59 Å². The van der Waals surface area contributed by atoms with Crippen molar-refractivity contribution in [3.63, 3.8) is 0 Å². The molecule has 0 aliphatic carbocycles. The highest BCUT2D eigenvalue weighted by Crippen LogP contribution is 2.27. The molecule has 2 aromatic carbocycles. The SMILES string of the molecule is CCOC(=O)CCCCCNC(=O)Nc1cccc(-c2nc3cc(Cl)ccc3o2)c1. The summed E-state index contributed by atoms with van der Waals surface area (Å²) in [4.78, 5) is 27.8. The van der Waals surface area contributed by atoms with E-state index in [1.165, 1.54) is 0 Å². The fraction of sp³-hybridized carbons (Fsp3) is 0.318. The molecule has 0 atom stereocenters. The predicted molar refractivity (Wildman–Crippen MR) is 117 cm³/mol. The van der Waals surface area contributed by atoms with E-state index < -0.39 is 0 Å². The van der Waals surface area contributed by atoms with Crippen LogP contribution in [-0.4, -0.2) is 30.1 Å². The third-order valence-corrected chi connectivity index (χ3v) is 4.60. The molecule has 3 rings (SSSR count). The number of fused-ring (bicyclic) bond motifs is 1. The van der Waals surface area contributed by atoms with Crippen molar-refractivity contribution in [3.05, 3.63) is 47.5 Å². The molecule has 0 unspecified atom stereocenters. The lowest BCUT2D eigenvalue weighted by Gasteiger charge is -2.08. The molecule has 2 amide bonds. The highest BCUT2D eigenvalue weighted by atomic mass is 35.5. The Morgan fingerprint density at radius 1 is 1.13 bits per heavy atom. The minimum absolute atomic E-state index is 0.176. The molecule has 0 aliphatic rings. The molecular weight excluding hydrogens is 406 g/mol. The maximum atomic E-state index is 12.1. The number of hydrogen-bond donors (Lipinski definition) is 2. The van der Waals surface area contributed by atoms with Gasteiger partial charge in [-0.15, -0.1) is 0 Å². The highest BCUT2D eigenvalue weighted by Gasteiger charge is 2.10. The second-order valence-electron chi connectivity index (χ2n) is 6.71. The number of unbranched alkanes of at least 4 members (excludes halogenated alkanes) is 2. The first-order valence-corrected chi connectivity index (χ1v) is 10.3. The molecule has 3 aromatic rings. The Labute approximate surface area is 179 Å². The minimum atomic E-state index is -0.290. The summed E-state index contributed by atoms with van der Waals surface area (Å²) in [5.41, 5.74) is 2.71. The quantitative estimate of drug-likeness (QED) is 0.351. The van der Waals surface area contributed by atoms with E-state index in [4.69, 9.17) is 20.8 Å². The van der Waals surface area contributed by atoms with E-state index in [0.717, 1.165) is 24.8 Å². The van der Waals surface area contributed by atoms with Crippen LogP contribution in [0.1, 0.15) is 32.6 Å². The number of carbonyl (C=O) groups is 2. The first kappa shape index (κ1) is 21.6. The van der Waals surface area contributed by atoms with Gasteiger partial charge in [0.2, 0.25) is 5.89 Å². The lowest BCUT2D eigenvalue weighted by atomic mass is 10.2. The number of urea groups is 1. The van der Waals surface area contributed by atoms with E-state index in [1.807, 2.05) is 12.1 Å². The predicted octanol–water partition coefficient (Wildman–Crippen LogP) is 5.39. The van der Waals surface area contributed by atoms with Crippen LogP contribution >= 0.6 is 11.6 Å². The summed E-state index contributed by atoms with van der Waals surface area (Å²) >= 11 is 6.00. The second kappa shape index (κ2) is 10.6. The van der Waals surface area contributed by atoms with Crippen LogP contribution in [0, 0.1) is 0 Å². The molecule has 1 aromatic heterocycles. The average Bonchev–Trinajstić information content (AvgIpc) is 3.14. The summed E-state index contributed by atoms with van der Waals surface area (Å²) in [5.74, 6) is 0.281. The Kier molecular flexibility index (Phi) is 7.68. The van der Waals surface area contributed by atoms with Crippen LogP contribution in [-0.2, 0) is 9.53 Å².